The van der Waals surface area contributed by atoms with E-state index >= 15 is 0 Å². The second-order valence-corrected chi connectivity index (χ2v) is 11.8. The van der Waals surface area contributed by atoms with E-state index in [0.29, 0.717) is 23.7 Å². The molecule has 3 unspecified atom stereocenters. The van der Waals surface area contributed by atoms with Crippen LogP contribution >= 0.6 is 0 Å². The molecular weight excluding hydrogens is 584 g/mol. The number of carbonyl (C=O) groups is 3. The molecule has 2 fully saturated rings. The van der Waals surface area contributed by atoms with Crippen LogP contribution in [-0.2, 0) is 44.1 Å². The van der Waals surface area contributed by atoms with Crippen molar-refractivity contribution in [2.75, 3.05) is 18.5 Å². The summed E-state index contributed by atoms with van der Waals surface area (Å²) in [6, 6.07) is 2.14. The number of nitrogens with two attached hydrogens (primary N) is 1. The maximum atomic E-state index is 13.2. The van der Waals surface area contributed by atoms with Gasteiger partial charge in [-0.25, -0.2) is 18.3 Å². The first kappa shape index (κ1) is 33.3. The van der Waals surface area contributed by atoms with Crippen molar-refractivity contribution in [2.45, 2.75) is 90.5 Å². The number of carbonyl (C=O) groups excluding carboxylic acids is 3. The SMILES string of the molecule is CC(C)C(N)C(=O)OCn1nc(C2CC(OC(=O)NC3(C(C)C)CC3)CO2)cc1NC(=O)c1cc(COCC(F)F)nn1C. The van der Waals surface area contributed by atoms with Crippen LogP contribution in [0.1, 0.15) is 74.9 Å². The topological polar surface area (TPSA) is 174 Å². The predicted octanol–water partition coefficient (Wildman–Crippen LogP) is 2.88. The third-order valence-electron chi connectivity index (χ3n) is 7.83. The normalized spacial score (nSPS) is 19.8. The van der Waals surface area contributed by atoms with Crippen LogP contribution in [0.15, 0.2) is 12.1 Å². The number of alkyl carbamates (subject to hydrolysis) is 1. The number of aromatic nitrogens is 4. The minimum atomic E-state index is -2.62. The Morgan fingerprint density at radius 1 is 1.18 bits per heavy atom. The van der Waals surface area contributed by atoms with E-state index in [2.05, 4.69) is 34.7 Å². The summed E-state index contributed by atoms with van der Waals surface area (Å²) in [5.41, 5.74) is 6.52. The average molecular weight is 626 g/mol. The Kier molecular flexibility index (Phi) is 10.6. The van der Waals surface area contributed by atoms with Crippen LogP contribution in [-0.4, -0.2) is 74.9 Å². The number of rotatable bonds is 14. The molecule has 0 aromatic carbocycles. The lowest BCUT2D eigenvalue weighted by molar-refractivity contribution is -0.150. The molecule has 3 atom stereocenters. The van der Waals surface area contributed by atoms with Crippen LogP contribution in [0.4, 0.5) is 19.4 Å². The Morgan fingerprint density at radius 2 is 1.91 bits per heavy atom. The standard InChI is InChI=1S/C28H41F2N7O7/c1-15(2)24(31)26(39)43-14-37-23(32-25(38)20-8-17(34-36(20)5)11-41-13-22(29)30)10-19(35-37)21-9-18(12-42-21)44-27(40)33-28(6-7-28)16(3)4/h8,10,15-16,18,21-22,24H,6-7,9,11-14,31H2,1-5H3,(H,32,38)(H,33,40). The monoisotopic (exact) mass is 625 g/mol. The summed E-state index contributed by atoms with van der Waals surface area (Å²) in [6.07, 6.45) is -2.03. The molecule has 1 aliphatic carbocycles. The number of ether oxygens (including phenoxy) is 4. The summed E-state index contributed by atoms with van der Waals surface area (Å²) in [5, 5.41) is 14.3. The minimum absolute atomic E-state index is 0.125. The Morgan fingerprint density at radius 3 is 2.55 bits per heavy atom. The quantitative estimate of drug-likeness (QED) is 0.265. The van der Waals surface area contributed by atoms with Gasteiger partial charge in [0, 0.05) is 25.1 Å². The van der Waals surface area contributed by atoms with Crippen molar-refractivity contribution in [3.63, 3.8) is 0 Å². The van der Waals surface area contributed by atoms with E-state index in [1.807, 2.05) is 0 Å². The predicted molar refractivity (Wildman–Crippen MR) is 151 cm³/mol. The summed E-state index contributed by atoms with van der Waals surface area (Å²) >= 11 is 0. The number of nitrogens with one attached hydrogen (secondary N) is 2. The number of anilines is 1. The smallest absolute Gasteiger partial charge is 0.407 e. The van der Waals surface area contributed by atoms with Crippen molar-refractivity contribution in [3.05, 3.63) is 29.2 Å². The van der Waals surface area contributed by atoms with Gasteiger partial charge < -0.3 is 35.3 Å². The fourth-order valence-corrected chi connectivity index (χ4v) is 4.78. The van der Waals surface area contributed by atoms with Gasteiger partial charge in [0.05, 0.1) is 24.6 Å². The van der Waals surface area contributed by atoms with Gasteiger partial charge in [-0.05, 0) is 30.7 Å². The van der Waals surface area contributed by atoms with Crippen LogP contribution in [0.2, 0.25) is 0 Å². The van der Waals surface area contributed by atoms with E-state index in [1.165, 1.54) is 22.5 Å². The van der Waals surface area contributed by atoms with Crippen molar-refractivity contribution in [3.8, 4) is 0 Å². The van der Waals surface area contributed by atoms with Gasteiger partial charge in [-0.3, -0.25) is 14.3 Å². The van der Waals surface area contributed by atoms with E-state index in [9.17, 15) is 23.2 Å². The summed E-state index contributed by atoms with van der Waals surface area (Å²) < 4.78 is 49.1. The van der Waals surface area contributed by atoms with E-state index in [-0.39, 0.29) is 42.9 Å². The molecule has 4 N–H and O–H groups in total. The van der Waals surface area contributed by atoms with Gasteiger partial charge in [-0.1, -0.05) is 27.7 Å². The van der Waals surface area contributed by atoms with Crippen LogP contribution in [0.5, 0.6) is 0 Å². The maximum absolute atomic E-state index is 13.2. The lowest BCUT2D eigenvalue weighted by Gasteiger charge is -2.22. The summed E-state index contributed by atoms with van der Waals surface area (Å²) in [7, 11) is 1.53. The Bertz CT molecular complexity index is 1330. The second-order valence-electron chi connectivity index (χ2n) is 11.8. The molecule has 44 heavy (non-hydrogen) atoms. The molecule has 1 saturated heterocycles. The minimum Gasteiger partial charge on any atom is -0.444 e. The third kappa shape index (κ3) is 8.30. The number of hydrogen-bond donors (Lipinski definition) is 3. The summed E-state index contributed by atoms with van der Waals surface area (Å²) in [5.74, 6) is -0.898. The van der Waals surface area contributed by atoms with E-state index in [1.54, 1.807) is 19.9 Å². The number of halogens is 2. The average Bonchev–Trinajstić information content (AvgIpc) is 3.24. The summed E-state index contributed by atoms with van der Waals surface area (Å²) in [4.78, 5) is 38.1. The Balaban J connectivity index is 1.45. The lowest BCUT2D eigenvalue weighted by atomic mass is 10.0. The molecule has 4 rings (SSSR count). The highest BCUT2D eigenvalue weighted by molar-refractivity contribution is 6.02. The summed E-state index contributed by atoms with van der Waals surface area (Å²) in [6.45, 7) is 6.55. The number of alkyl halides is 2. The molecule has 3 heterocycles. The van der Waals surface area contributed by atoms with Crippen molar-refractivity contribution >= 4 is 23.8 Å². The van der Waals surface area contributed by atoms with Crippen LogP contribution in [0.3, 0.4) is 0 Å². The Labute approximate surface area is 253 Å². The van der Waals surface area contributed by atoms with Crippen LogP contribution in [0.25, 0.3) is 0 Å². The first-order valence-electron chi connectivity index (χ1n) is 14.6. The third-order valence-corrected chi connectivity index (χ3v) is 7.83. The number of aryl methyl sites for hydroxylation is 1. The number of nitrogens with zero attached hydrogens (tertiary/aromatic N) is 4. The van der Waals surface area contributed by atoms with Crippen molar-refractivity contribution in [1.29, 1.82) is 0 Å². The molecule has 0 radical (unpaired) electrons. The zero-order valence-corrected chi connectivity index (χ0v) is 25.5. The maximum Gasteiger partial charge on any atom is 0.407 e. The molecule has 2 aromatic heterocycles. The highest BCUT2D eigenvalue weighted by Gasteiger charge is 2.47. The highest BCUT2D eigenvalue weighted by atomic mass is 19.3. The first-order valence-corrected chi connectivity index (χ1v) is 14.6. The molecule has 2 aliphatic rings. The molecule has 1 saturated carbocycles. The zero-order chi connectivity index (χ0) is 32.2. The molecule has 14 nitrogen and oxygen atoms in total. The Hall–Kier alpha value is -3.63. The van der Waals surface area contributed by atoms with Crippen LogP contribution < -0.4 is 16.4 Å². The van der Waals surface area contributed by atoms with E-state index < -0.39 is 49.3 Å². The van der Waals surface area contributed by atoms with Gasteiger partial charge in [0.1, 0.15) is 36.4 Å². The van der Waals surface area contributed by atoms with Gasteiger partial charge in [0.2, 0.25) is 0 Å². The fraction of sp³-hybridized carbons (Fsp3) is 0.679. The zero-order valence-electron chi connectivity index (χ0n) is 25.5. The largest absolute Gasteiger partial charge is 0.444 e. The molecule has 244 valence electrons. The van der Waals surface area contributed by atoms with Gasteiger partial charge in [0.15, 0.2) is 6.73 Å². The molecule has 1 aliphatic heterocycles. The fourth-order valence-electron chi connectivity index (χ4n) is 4.78. The van der Waals surface area contributed by atoms with Crippen molar-refractivity contribution in [1.82, 2.24) is 24.9 Å². The van der Waals surface area contributed by atoms with Gasteiger partial charge >= 0.3 is 12.1 Å². The van der Waals surface area contributed by atoms with E-state index in [4.69, 9.17) is 24.7 Å². The molecule has 0 bridgehead atoms. The molecular formula is C28H41F2N7O7. The van der Waals surface area contributed by atoms with Crippen molar-refractivity contribution in [2.24, 2.45) is 24.6 Å². The van der Waals surface area contributed by atoms with Gasteiger partial charge in [0.25, 0.3) is 12.3 Å². The molecule has 2 amide bonds. The number of esters is 1. The lowest BCUT2D eigenvalue weighted by Crippen LogP contribution is -2.42. The molecule has 0 spiro atoms. The first-order chi connectivity index (χ1) is 20.8. The number of hydrogen-bond acceptors (Lipinski definition) is 10. The molecule has 2 aromatic rings. The second kappa shape index (κ2) is 14.0. The van der Waals surface area contributed by atoms with Gasteiger partial charge in [-0.2, -0.15) is 10.2 Å². The highest BCUT2D eigenvalue weighted by Crippen LogP contribution is 2.42. The number of amides is 2. The van der Waals surface area contributed by atoms with Crippen LogP contribution in [0, 0.1) is 11.8 Å². The molecule has 16 heteroatoms. The van der Waals surface area contributed by atoms with E-state index in [0.717, 1.165) is 12.8 Å². The van der Waals surface area contributed by atoms with Gasteiger partial charge in [-0.15, -0.1) is 0 Å². The van der Waals surface area contributed by atoms with Crippen molar-refractivity contribution < 1.29 is 42.1 Å².